The Balaban J connectivity index is 1.94. The number of methoxy groups -OCH3 is 1. The minimum Gasteiger partial charge on any atom is -0.491 e. The highest BCUT2D eigenvalue weighted by atomic mass is 32.2. The Bertz CT molecular complexity index is 1160. The number of nitrogens with one attached hydrogen (secondary N) is 1. The largest absolute Gasteiger partial charge is 0.491 e. The first-order valence-electron chi connectivity index (χ1n) is 11.5. The van der Waals surface area contributed by atoms with Gasteiger partial charge in [-0.1, -0.05) is 6.92 Å². The van der Waals surface area contributed by atoms with Gasteiger partial charge in [0.1, 0.15) is 17.4 Å². The molecule has 206 valence electrons. The predicted molar refractivity (Wildman–Crippen MR) is 134 cm³/mol. The maximum absolute atomic E-state index is 13.2. The predicted octanol–water partition coefficient (Wildman–Crippen LogP) is 3.45. The average Bonchev–Trinajstić information content (AvgIpc) is 3.30. The van der Waals surface area contributed by atoms with Crippen LogP contribution in [0.25, 0.3) is 0 Å². The summed E-state index contributed by atoms with van der Waals surface area (Å²) in [6.07, 6.45) is -3.43. The van der Waals surface area contributed by atoms with Gasteiger partial charge >= 0.3 is 6.18 Å². The molecule has 0 unspecified atom stereocenters. The van der Waals surface area contributed by atoms with Gasteiger partial charge < -0.3 is 14.4 Å². The minimum absolute atomic E-state index is 0.0620. The van der Waals surface area contributed by atoms with Crippen molar-refractivity contribution in [2.24, 2.45) is 5.92 Å². The van der Waals surface area contributed by atoms with Crippen LogP contribution in [-0.4, -0.2) is 87.0 Å². The zero-order chi connectivity index (χ0) is 27.4. The van der Waals surface area contributed by atoms with Gasteiger partial charge in [0.15, 0.2) is 5.75 Å². The number of sulfonamides is 1. The number of ether oxygens (including phenoxy) is 2. The van der Waals surface area contributed by atoms with Crippen molar-refractivity contribution in [2.75, 3.05) is 44.3 Å². The fraction of sp³-hybridized carbons (Fsp3) is 0.565. The first-order valence-corrected chi connectivity index (χ1v) is 14.1. The van der Waals surface area contributed by atoms with Crippen LogP contribution in [0.15, 0.2) is 29.8 Å². The number of alkyl halides is 3. The molecule has 0 radical (unpaired) electrons. The summed E-state index contributed by atoms with van der Waals surface area (Å²) in [4.78, 5) is 21.3. The summed E-state index contributed by atoms with van der Waals surface area (Å²) in [7, 11) is -1.49. The zero-order valence-corrected chi connectivity index (χ0v) is 22.6. The maximum atomic E-state index is 13.2. The topological polar surface area (TPSA) is 101 Å². The highest BCUT2D eigenvalue weighted by Crippen LogP contribution is 2.28. The van der Waals surface area contributed by atoms with E-state index in [9.17, 15) is 26.4 Å². The van der Waals surface area contributed by atoms with E-state index in [0.29, 0.717) is 13.1 Å². The van der Waals surface area contributed by atoms with Gasteiger partial charge in [-0.3, -0.25) is 14.4 Å². The number of halogens is 3. The Hall–Kier alpha value is -2.42. The molecule has 0 aliphatic carbocycles. The minimum atomic E-state index is -4.90. The van der Waals surface area contributed by atoms with E-state index in [1.54, 1.807) is 20.4 Å². The molecule has 0 spiro atoms. The number of carbonyl (C=O) groups excluding carboxylic acids is 1. The number of carbonyl (C=O) groups is 1. The van der Waals surface area contributed by atoms with Crippen LogP contribution in [0.3, 0.4) is 0 Å². The van der Waals surface area contributed by atoms with Crippen LogP contribution in [0.1, 0.15) is 29.2 Å². The van der Waals surface area contributed by atoms with E-state index in [1.165, 1.54) is 34.4 Å². The normalized spacial score (nSPS) is 22.5. The quantitative estimate of drug-likeness (QED) is 0.574. The number of aromatic nitrogens is 1. The highest BCUT2D eigenvalue weighted by Gasteiger charge is 2.35. The van der Waals surface area contributed by atoms with Gasteiger partial charge in [-0.2, -0.15) is 13.2 Å². The van der Waals surface area contributed by atoms with E-state index < -0.39 is 22.0 Å². The van der Waals surface area contributed by atoms with E-state index >= 15 is 0 Å². The zero-order valence-electron chi connectivity index (χ0n) is 21.0. The van der Waals surface area contributed by atoms with E-state index in [0.717, 1.165) is 5.01 Å². The van der Waals surface area contributed by atoms with Crippen LogP contribution < -0.4 is 9.46 Å². The van der Waals surface area contributed by atoms with Crippen LogP contribution in [0.5, 0.6) is 5.75 Å². The third kappa shape index (κ3) is 8.28. The van der Waals surface area contributed by atoms with Gasteiger partial charge in [0.05, 0.1) is 23.9 Å². The number of hydrogen-bond acceptors (Lipinski definition) is 8. The summed E-state index contributed by atoms with van der Waals surface area (Å²) in [6, 6.07) is 3.67. The molecule has 37 heavy (non-hydrogen) atoms. The molecular weight excluding hydrogens is 533 g/mol. The number of fused-ring (bicyclic) bond motifs is 1. The monoisotopic (exact) mass is 564 g/mol. The van der Waals surface area contributed by atoms with Crippen LogP contribution in [0.4, 0.5) is 18.9 Å². The summed E-state index contributed by atoms with van der Waals surface area (Å²) < 4.78 is 75.6. The van der Waals surface area contributed by atoms with Crippen molar-refractivity contribution in [1.29, 1.82) is 0 Å². The van der Waals surface area contributed by atoms with Crippen molar-refractivity contribution < 1.29 is 35.9 Å². The van der Waals surface area contributed by atoms with Crippen molar-refractivity contribution >= 4 is 33.0 Å². The third-order valence-electron chi connectivity index (χ3n) is 6.02. The van der Waals surface area contributed by atoms with E-state index in [-0.39, 0.29) is 54.1 Å². The second kappa shape index (κ2) is 12.0. The molecular formula is C23H31F3N4O5S2. The second-order valence-corrected chi connectivity index (χ2v) is 11.8. The molecule has 0 fully saturated rings. The Kier molecular flexibility index (Phi) is 9.42. The first kappa shape index (κ1) is 29.1. The van der Waals surface area contributed by atoms with Crippen molar-refractivity contribution in [1.82, 2.24) is 14.8 Å². The Morgan fingerprint density at radius 2 is 2.00 bits per heavy atom. The Labute approximate surface area is 218 Å². The number of nitrogens with zero attached hydrogens (tertiary/aromatic N) is 3. The lowest BCUT2D eigenvalue weighted by atomic mass is 10.0. The molecule has 2 heterocycles. The fourth-order valence-electron chi connectivity index (χ4n) is 4.07. The molecule has 1 amide bonds. The average molecular weight is 565 g/mol. The first-order chi connectivity index (χ1) is 17.3. The molecule has 9 nitrogen and oxygen atoms in total. The second-order valence-electron chi connectivity index (χ2n) is 9.14. The fourth-order valence-corrected chi connectivity index (χ4v) is 5.70. The van der Waals surface area contributed by atoms with E-state index in [1.807, 2.05) is 23.9 Å². The summed E-state index contributed by atoms with van der Waals surface area (Å²) in [5, 5.41) is 2.82. The molecule has 0 saturated carbocycles. The van der Waals surface area contributed by atoms with Crippen LogP contribution in [-0.2, 0) is 21.3 Å². The molecule has 1 aliphatic heterocycles. The van der Waals surface area contributed by atoms with Crippen LogP contribution in [0.2, 0.25) is 0 Å². The van der Waals surface area contributed by atoms with Crippen molar-refractivity contribution in [3.05, 3.63) is 40.3 Å². The Morgan fingerprint density at radius 3 is 2.62 bits per heavy atom. The van der Waals surface area contributed by atoms with E-state index in [2.05, 4.69) is 9.88 Å². The van der Waals surface area contributed by atoms with Crippen molar-refractivity contribution in [3.8, 4) is 5.75 Å². The lowest BCUT2D eigenvalue weighted by molar-refractivity contribution is -0.106. The lowest BCUT2D eigenvalue weighted by Gasteiger charge is -2.35. The van der Waals surface area contributed by atoms with Crippen LogP contribution in [0, 0.1) is 5.92 Å². The molecule has 0 saturated heterocycles. The smallest absolute Gasteiger partial charge is 0.404 e. The number of thiazole rings is 1. The summed E-state index contributed by atoms with van der Waals surface area (Å²) in [5.74, 6) is -2.29. The summed E-state index contributed by atoms with van der Waals surface area (Å²) in [6.45, 7) is 5.63. The molecule has 1 aliphatic rings. The third-order valence-corrected chi connectivity index (χ3v) is 8.04. The number of rotatable bonds is 6. The van der Waals surface area contributed by atoms with Crippen molar-refractivity contribution in [3.63, 3.8) is 0 Å². The molecule has 2 aromatic rings. The number of amides is 1. The molecule has 0 bridgehead atoms. The van der Waals surface area contributed by atoms with Gasteiger partial charge in [0.25, 0.3) is 5.91 Å². The van der Waals surface area contributed by atoms with Gasteiger partial charge in [-0.15, -0.1) is 11.3 Å². The van der Waals surface area contributed by atoms with Gasteiger partial charge in [0.2, 0.25) is 10.0 Å². The molecule has 3 rings (SSSR count). The Morgan fingerprint density at radius 1 is 1.27 bits per heavy atom. The molecule has 3 atom stereocenters. The number of likely N-dealkylation sites (N-methyl/N-ethyl adjacent to an activating group) is 1. The SMILES string of the molecule is CO[C@@H]1CN(C)C(=O)c2ccc(NS(=O)(=O)CC(F)(F)F)cc2OC[C@@H](C)N(Cc2nccs2)C[C@@H]1C. The number of hydrogen-bond donors (Lipinski definition) is 1. The van der Waals surface area contributed by atoms with Gasteiger partial charge in [-0.25, -0.2) is 13.4 Å². The molecule has 14 heteroatoms. The van der Waals surface area contributed by atoms with Gasteiger partial charge in [-0.05, 0) is 25.0 Å². The maximum Gasteiger partial charge on any atom is 0.404 e. The number of anilines is 1. The number of benzene rings is 1. The van der Waals surface area contributed by atoms with E-state index in [4.69, 9.17) is 9.47 Å². The van der Waals surface area contributed by atoms with Crippen LogP contribution >= 0.6 is 11.3 Å². The highest BCUT2D eigenvalue weighted by molar-refractivity contribution is 7.92. The molecule has 1 N–H and O–H groups in total. The van der Waals surface area contributed by atoms with Gasteiger partial charge in [0, 0.05) is 50.9 Å². The molecule has 1 aromatic carbocycles. The standard InChI is InChI=1S/C23H31F3N4O5S2/c1-15-10-30(12-21-27-7-8-36-21)16(2)13-35-19-9-17(28-37(32,33)14-23(24,25)26)5-6-18(19)22(31)29(3)11-20(15)34-4/h5-9,15-16,20,28H,10-14H2,1-4H3/t15-,16+,20+/m0/s1. The van der Waals surface area contributed by atoms with Crippen molar-refractivity contribution in [2.45, 2.75) is 38.7 Å². The summed E-state index contributed by atoms with van der Waals surface area (Å²) >= 11 is 1.53. The summed E-state index contributed by atoms with van der Waals surface area (Å²) in [5.41, 5.74) is 0.0178. The molecule has 1 aromatic heterocycles. The lowest BCUT2D eigenvalue weighted by Crippen LogP contribution is -2.46.